The van der Waals surface area contributed by atoms with Gasteiger partial charge in [0.05, 0.1) is 4.92 Å². The first-order valence-electron chi connectivity index (χ1n) is 4.85. The molecule has 0 amide bonds. The van der Waals surface area contributed by atoms with E-state index >= 15 is 0 Å². The van der Waals surface area contributed by atoms with Gasteiger partial charge in [-0.1, -0.05) is 17.3 Å². The number of nitro benzene ring substituents is 1. The van der Waals surface area contributed by atoms with Crippen LogP contribution in [0.5, 0.6) is 0 Å². The number of rotatable bonds is 3. The van der Waals surface area contributed by atoms with Crippen molar-refractivity contribution in [2.24, 2.45) is 0 Å². The topological polar surface area (TPSA) is 102 Å². The summed E-state index contributed by atoms with van der Waals surface area (Å²) in [7, 11) is 0. The van der Waals surface area contributed by atoms with Gasteiger partial charge in [0.2, 0.25) is 5.82 Å². The summed E-state index contributed by atoms with van der Waals surface area (Å²) in [6.45, 7) is 1.47. The maximum absolute atomic E-state index is 10.8. The molecule has 2 rings (SSSR count). The second-order valence-electron chi connectivity index (χ2n) is 3.41. The Morgan fingerprint density at radius 1 is 1.47 bits per heavy atom. The second-order valence-corrected chi connectivity index (χ2v) is 3.41. The average Bonchev–Trinajstić information content (AvgIpc) is 2.78. The van der Waals surface area contributed by atoms with Crippen LogP contribution in [-0.2, 0) is 0 Å². The molecule has 1 aromatic heterocycles. The van der Waals surface area contributed by atoms with Crippen molar-refractivity contribution in [2.75, 3.05) is 0 Å². The lowest BCUT2D eigenvalue weighted by molar-refractivity contribution is -0.384. The third kappa shape index (κ3) is 2.13. The van der Waals surface area contributed by atoms with Crippen molar-refractivity contribution in [3.05, 3.63) is 40.3 Å². The summed E-state index contributed by atoms with van der Waals surface area (Å²) in [5, 5.41) is 23.6. The fraction of sp³-hybridized carbons (Fsp3) is 0.200. The van der Waals surface area contributed by atoms with Crippen LogP contribution in [0.25, 0.3) is 11.4 Å². The Kier molecular flexibility index (Phi) is 2.84. The zero-order valence-corrected chi connectivity index (χ0v) is 8.90. The first-order chi connectivity index (χ1) is 8.09. The normalized spacial score (nSPS) is 12.4. The van der Waals surface area contributed by atoms with Crippen molar-refractivity contribution in [3.8, 4) is 11.4 Å². The van der Waals surface area contributed by atoms with Gasteiger partial charge in [0, 0.05) is 6.07 Å². The summed E-state index contributed by atoms with van der Waals surface area (Å²) >= 11 is 0. The molecule has 0 aliphatic heterocycles. The van der Waals surface area contributed by atoms with Gasteiger partial charge >= 0.3 is 0 Å². The third-order valence-electron chi connectivity index (χ3n) is 2.14. The molecule has 1 atom stereocenters. The maximum atomic E-state index is 10.8. The van der Waals surface area contributed by atoms with Crippen LogP contribution < -0.4 is 0 Å². The lowest BCUT2D eigenvalue weighted by Gasteiger charge is -1.96. The van der Waals surface area contributed by atoms with E-state index in [9.17, 15) is 15.2 Å². The minimum absolute atomic E-state index is 0.0261. The smallest absolute Gasteiger partial charge is 0.280 e. The van der Waals surface area contributed by atoms with Crippen LogP contribution in [0.1, 0.15) is 18.9 Å². The van der Waals surface area contributed by atoms with Gasteiger partial charge in [-0.3, -0.25) is 10.1 Å². The first-order valence-corrected chi connectivity index (χ1v) is 4.85. The number of benzene rings is 1. The molecule has 1 N–H and O–H groups in total. The van der Waals surface area contributed by atoms with Gasteiger partial charge in [0.25, 0.3) is 11.6 Å². The van der Waals surface area contributed by atoms with Crippen LogP contribution in [0.15, 0.2) is 28.8 Å². The van der Waals surface area contributed by atoms with Gasteiger partial charge in [-0.2, -0.15) is 4.98 Å². The molecule has 1 unspecified atom stereocenters. The van der Waals surface area contributed by atoms with Gasteiger partial charge in [0.1, 0.15) is 11.7 Å². The Bertz CT molecular complexity index is 550. The Balaban J connectivity index is 2.49. The molecule has 0 aliphatic carbocycles. The van der Waals surface area contributed by atoms with Crippen LogP contribution in [-0.4, -0.2) is 20.2 Å². The summed E-state index contributed by atoms with van der Waals surface area (Å²) < 4.78 is 4.78. The number of aromatic nitrogens is 2. The lowest BCUT2D eigenvalue weighted by Crippen LogP contribution is -1.93. The summed E-state index contributed by atoms with van der Waals surface area (Å²) in [6, 6.07) is 6.07. The molecule has 0 saturated carbocycles. The fourth-order valence-electron chi connectivity index (χ4n) is 1.34. The van der Waals surface area contributed by atoms with Crippen molar-refractivity contribution in [1.29, 1.82) is 0 Å². The molecule has 2 aromatic rings. The monoisotopic (exact) mass is 235 g/mol. The molecule has 0 radical (unpaired) electrons. The van der Waals surface area contributed by atoms with E-state index in [-0.39, 0.29) is 23.0 Å². The number of aliphatic hydroxyl groups is 1. The SMILES string of the molecule is CC(O)c1nc(-c2ccccc2[N+](=O)[O-])no1. The van der Waals surface area contributed by atoms with Crippen LogP contribution in [0.2, 0.25) is 0 Å². The van der Waals surface area contributed by atoms with Crippen molar-refractivity contribution in [3.63, 3.8) is 0 Å². The highest BCUT2D eigenvalue weighted by Gasteiger charge is 2.20. The molecule has 88 valence electrons. The fourth-order valence-corrected chi connectivity index (χ4v) is 1.34. The molecule has 7 heteroatoms. The Morgan fingerprint density at radius 3 is 2.76 bits per heavy atom. The van der Waals surface area contributed by atoms with Crippen molar-refractivity contribution in [1.82, 2.24) is 10.1 Å². The maximum Gasteiger partial charge on any atom is 0.280 e. The molecule has 0 aliphatic rings. The van der Waals surface area contributed by atoms with Crippen molar-refractivity contribution >= 4 is 5.69 Å². The summed E-state index contributed by atoms with van der Waals surface area (Å²) in [5.74, 6) is 0.117. The zero-order valence-electron chi connectivity index (χ0n) is 8.90. The molecule has 1 heterocycles. The number of nitro groups is 1. The largest absolute Gasteiger partial charge is 0.384 e. The third-order valence-corrected chi connectivity index (χ3v) is 2.14. The summed E-state index contributed by atoms with van der Waals surface area (Å²) in [4.78, 5) is 14.2. The lowest BCUT2D eigenvalue weighted by atomic mass is 10.2. The van der Waals surface area contributed by atoms with Crippen LogP contribution in [0.3, 0.4) is 0 Å². The quantitative estimate of drug-likeness (QED) is 0.641. The van der Waals surface area contributed by atoms with E-state index in [2.05, 4.69) is 10.1 Å². The van der Waals surface area contributed by atoms with E-state index in [1.807, 2.05) is 0 Å². The van der Waals surface area contributed by atoms with Gasteiger partial charge in [-0.15, -0.1) is 0 Å². The molecule has 0 fully saturated rings. The minimum atomic E-state index is -0.904. The number of hydrogen-bond donors (Lipinski definition) is 1. The highest BCUT2D eigenvalue weighted by Crippen LogP contribution is 2.27. The predicted molar refractivity (Wildman–Crippen MR) is 57.0 cm³/mol. The van der Waals surface area contributed by atoms with E-state index < -0.39 is 11.0 Å². The van der Waals surface area contributed by atoms with E-state index in [1.54, 1.807) is 12.1 Å². The molecule has 0 spiro atoms. The predicted octanol–water partition coefficient (Wildman–Crippen LogP) is 1.70. The molecule has 0 bridgehead atoms. The molecule has 17 heavy (non-hydrogen) atoms. The second kappa shape index (κ2) is 4.30. The van der Waals surface area contributed by atoms with Gasteiger partial charge in [-0.25, -0.2) is 0 Å². The Morgan fingerprint density at radius 2 is 2.18 bits per heavy atom. The molecule has 1 aromatic carbocycles. The van der Waals surface area contributed by atoms with E-state index in [0.29, 0.717) is 0 Å². The van der Waals surface area contributed by atoms with Gasteiger partial charge in [0.15, 0.2) is 0 Å². The molecule has 7 nitrogen and oxygen atoms in total. The van der Waals surface area contributed by atoms with Crippen LogP contribution in [0.4, 0.5) is 5.69 Å². The van der Waals surface area contributed by atoms with E-state index in [1.165, 1.54) is 19.1 Å². The Hall–Kier alpha value is -2.28. The van der Waals surface area contributed by atoms with Gasteiger partial charge < -0.3 is 9.63 Å². The molecular weight excluding hydrogens is 226 g/mol. The zero-order chi connectivity index (χ0) is 12.4. The number of hydrogen-bond acceptors (Lipinski definition) is 6. The first kappa shape index (κ1) is 11.2. The van der Waals surface area contributed by atoms with E-state index in [0.717, 1.165) is 0 Å². The van der Waals surface area contributed by atoms with Crippen LogP contribution >= 0.6 is 0 Å². The van der Waals surface area contributed by atoms with E-state index in [4.69, 9.17) is 4.52 Å². The summed E-state index contributed by atoms with van der Waals surface area (Å²) in [5.41, 5.74) is 0.151. The highest BCUT2D eigenvalue weighted by atomic mass is 16.6. The van der Waals surface area contributed by atoms with Crippen molar-refractivity contribution in [2.45, 2.75) is 13.0 Å². The number of aliphatic hydroxyl groups excluding tert-OH is 1. The average molecular weight is 235 g/mol. The number of para-hydroxylation sites is 1. The molecule has 0 saturated heterocycles. The molecular formula is C10H9N3O4. The number of nitrogens with zero attached hydrogens (tertiary/aromatic N) is 3. The Labute approximate surface area is 95.9 Å². The van der Waals surface area contributed by atoms with Crippen LogP contribution in [0, 0.1) is 10.1 Å². The summed E-state index contributed by atoms with van der Waals surface area (Å²) in [6.07, 6.45) is -0.904. The minimum Gasteiger partial charge on any atom is -0.384 e. The van der Waals surface area contributed by atoms with Crippen molar-refractivity contribution < 1.29 is 14.6 Å². The highest BCUT2D eigenvalue weighted by molar-refractivity contribution is 5.67. The van der Waals surface area contributed by atoms with Gasteiger partial charge in [-0.05, 0) is 13.0 Å². The standard InChI is InChI=1S/C10H9N3O4/c1-6(14)10-11-9(12-17-10)7-4-2-3-5-8(7)13(15)16/h2-6,14H,1H3.